The van der Waals surface area contributed by atoms with Crippen molar-refractivity contribution in [1.82, 2.24) is 4.90 Å². The molecule has 1 aromatic carbocycles. The van der Waals surface area contributed by atoms with Gasteiger partial charge in [-0.25, -0.2) is 0 Å². The predicted octanol–water partition coefficient (Wildman–Crippen LogP) is 3.38. The van der Waals surface area contributed by atoms with E-state index in [1.807, 2.05) is 37.3 Å². The standard InChI is InChI=1S/C18H23NO3/c1-5-9-15(20)18(3,4)19-12-22-13(2)16(17(19)21)14-10-7-6-8-11-14/h6-8,10-11H,5,9,12H2,1-4H3. The zero-order valence-corrected chi connectivity index (χ0v) is 13.7. The highest BCUT2D eigenvalue weighted by molar-refractivity contribution is 6.21. The normalized spacial score (nSPS) is 15.8. The van der Waals surface area contributed by atoms with Crippen molar-refractivity contribution in [3.63, 3.8) is 0 Å². The zero-order valence-electron chi connectivity index (χ0n) is 13.7. The third-order valence-electron chi connectivity index (χ3n) is 4.12. The Morgan fingerprint density at radius 1 is 1.27 bits per heavy atom. The van der Waals surface area contributed by atoms with Gasteiger partial charge < -0.3 is 4.74 Å². The van der Waals surface area contributed by atoms with Gasteiger partial charge >= 0.3 is 0 Å². The van der Waals surface area contributed by atoms with Crippen LogP contribution in [0.15, 0.2) is 36.1 Å². The summed E-state index contributed by atoms with van der Waals surface area (Å²) in [4.78, 5) is 26.8. The lowest BCUT2D eigenvalue weighted by Gasteiger charge is -2.40. The number of amides is 1. The molecule has 1 amide bonds. The number of benzene rings is 1. The van der Waals surface area contributed by atoms with E-state index < -0.39 is 5.54 Å². The first-order valence-corrected chi connectivity index (χ1v) is 7.64. The van der Waals surface area contributed by atoms with Gasteiger partial charge in [0.2, 0.25) is 0 Å². The molecule has 0 bridgehead atoms. The summed E-state index contributed by atoms with van der Waals surface area (Å²) in [7, 11) is 0. The molecule has 1 aliphatic rings. The second-order valence-corrected chi connectivity index (χ2v) is 6.04. The van der Waals surface area contributed by atoms with E-state index in [-0.39, 0.29) is 18.4 Å². The summed E-state index contributed by atoms with van der Waals surface area (Å²) in [5.41, 5.74) is 0.478. The molecule has 0 unspecified atom stereocenters. The van der Waals surface area contributed by atoms with E-state index in [4.69, 9.17) is 4.74 Å². The predicted molar refractivity (Wildman–Crippen MR) is 85.8 cm³/mol. The van der Waals surface area contributed by atoms with E-state index in [1.54, 1.807) is 20.8 Å². The Kier molecular flexibility index (Phi) is 4.69. The molecule has 1 heterocycles. The van der Waals surface area contributed by atoms with Crippen molar-refractivity contribution in [2.75, 3.05) is 6.73 Å². The Bertz CT molecular complexity index is 602. The molecule has 0 atom stereocenters. The van der Waals surface area contributed by atoms with Gasteiger partial charge in [-0.3, -0.25) is 14.5 Å². The van der Waals surface area contributed by atoms with Crippen molar-refractivity contribution < 1.29 is 14.3 Å². The van der Waals surface area contributed by atoms with Gasteiger partial charge in [-0.05, 0) is 32.8 Å². The van der Waals surface area contributed by atoms with E-state index in [0.717, 1.165) is 12.0 Å². The lowest BCUT2D eigenvalue weighted by molar-refractivity contribution is -0.148. The first-order chi connectivity index (χ1) is 10.4. The maximum absolute atomic E-state index is 12.9. The van der Waals surface area contributed by atoms with Crippen LogP contribution in [0.4, 0.5) is 0 Å². The summed E-state index contributed by atoms with van der Waals surface area (Å²) in [6.07, 6.45) is 1.23. The Balaban J connectivity index is 2.36. The molecular formula is C18H23NO3. The number of ketones is 1. The third kappa shape index (κ3) is 2.91. The third-order valence-corrected chi connectivity index (χ3v) is 4.12. The number of allylic oxidation sites excluding steroid dienone is 1. The van der Waals surface area contributed by atoms with E-state index in [0.29, 0.717) is 17.8 Å². The molecule has 2 rings (SSSR count). The Labute approximate surface area is 131 Å². The van der Waals surface area contributed by atoms with Gasteiger partial charge in [-0.15, -0.1) is 0 Å². The minimum absolute atomic E-state index is 0.0546. The van der Waals surface area contributed by atoms with E-state index in [1.165, 1.54) is 4.90 Å². The molecule has 0 aliphatic carbocycles. The summed E-state index contributed by atoms with van der Waals surface area (Å²) < 4.78 is 5.68. The second kappa shape index (κ2) is 6.34. The maximum Gasteiger partial charge on any atom is 0.261 e. The highest BCUT2D eigenvalue weighted by Crippen LogP contribution is 2.31. The number of hydrogen-bond acceptors (Lipinski definition) is 3. The molecule has 4 nitrogen and oxygen atoms in total. The van der Waals surface area contributed by atoms with E-state index in [9.17, 15) is 9.59 Å². The van der Waals surface area contributed by atoms with Gasteiger partial charge in [-0.2, -0.15) is 0 Å². The quantitative estimate of drug-likeness (QED) is 0.837. The molecule has 22 heavy (non-hydrogen) atoms. The topological polar surface area (TPSA) is 46.6 Å². The molecule has 1 aliphatic heterocycles. The summed E-state index contributed by atoms with van der Waals surface area (Å²) in [6, 6.07) is 9.43. The minimum atomic E-state index is -0.867. The molecule has 0 aromatic heterocycles. The average molecular weight is 301 g/mol. The van der Waals surface area contributed by atoms with Crippen molar-refractivity contribution in [1.29, 1.82) is 0 Å². The molecular weight excluding hydrogens is 278 g/mol. The fourth-order valence-electron chi connectivity index (χ4n) is 2.61. The Hall–Kier alpha value is -2.10. The number of hydrogen-bond donors (Lipinski definition) is 0. The van der Waals surface area contributed by atoms with Gasteiger partial charge in [0.25, 0.3) is 5.91 Å². The Morgan fingerprint density at radius 2 is 1.91 bits per heavy atom. The van der Waals surface area contributed by atoms with Crippen molar-refractivity contribution in [3.8, 4) is 0 Å². The maximum atomic E-state index is 12.9. The van der Waals surface area contributed by atoms with Crippen LogP contribution in [0.2, 0.25) is 0 Å². The van der Waals surface area contributed by atoms with Crippen LogP contribution in [0.5, 0.6) is 0 Å². The van der Waals surface area contributed by atoms with Crippen LogP contribution in [0.1, 0.15) is 46.1 Å². The summed E-state index contributed by atoms with van der Waals surface area (Å²) in [5, 5.41) is 0. The molecule has 0 saturated heterocycles. The summed E-state index contributed by atoms with van der Waals surface area (Å²) in [6.45, 7) is 7.44. The second-order valence-electron chi connectivity index (χ2n) is 6.04. The molecule has 0 radical (unpaired) electrons. The van der Waals surface area contributed by atoms with Crippen LogP contribution in [0.25, 0.3) is 5.57 Å². The van der Waals surface area contributed by atoms with Crippen molar-refractivity contribution in [2.24, 2.45) is 0 Å². The van der Waals surface area contributed by atoms with Crippen molar-refractivity contribution in [2.45, 2.75) is 46.1 Å². The van der Waals surface area contributed by atoms with E-state index >= 15 is 0 Å². The van der Waals surface area contributed by atoms with Crippen LogP contribution in [0.3, 0.4) is 0 Å². The van der Waals surface area contributed by atoms with Crippen LogP contribution in [-0.2, 0) is 14.3 Å². The molecule has 4 heteroatoms. The van der Waals surface area contributed by atoms with Crippen LogP contribution in [-0.4, -0.2) is 28.9 Å². The molecule has 0 spiro atoms. The van der Waals surface area contributed by atoms with Gasteiger partial charge in [0.15, 0.2) is 12.5 Å². The number of Topliss-reactive ketones (excluding diaryl/α,β-unsaturated/α-hetero) is 1. The van der Waals surface area contributed by atoms with Gasteiger partial charge in [-0.1, -0.05) is 37.3 Å². The van der Waals surface area contributed by atoms with Crippen LogP contribution < -0.4 is 0 Å². The van der Waals surface area contributed by atoms with Gasteiger partial charge in [0, 0.05) is 6.42 Å². The number of rotatable bonds is 5. The number of ether oxygens (including phenoxy) is 1. The van der Waals surface area contributed by atoms with Crippen molar-refractivity contribution in [3.05, 3.63) is 41.7 Å². The molecule has 0 N–H and O–H groups in total. The highest BCUT2D eigenvalue weighted by atomic mass is 16.5. The highest BCUT2D eigenvalue weighted by Gasteiger charge is 2.41. The number of carbonyl (C=O) groups excluding carboxylic acids is 2. The zero-order chi connectivity index (χ0) is 16.3. The SMILES string of the molecule is CCCC(=O)C(C)(C)N1COC(C)=C(c2ccccc2)C1=O. The summed E-state index contributed by atoms with van der Waals surface area (Å²) in [5.74, 6) is 0.509. The monoisotopic (exact) mass is 301 g/mol. The molecule has 1 aromatic rings. The van der Waals surface area contributed by atoms with Crippen LogP contribution in [0, 0.1) is 0 Å². The van der Waals surface area contributed by atoms with Gasteiger partial charge in [0.1, 0.15) is 5.76 Å². The largest absolute Gasteiger partial charge is 0.477 e. The van der Waals surface area contributed by atoms with Gasteiger partial charge in [0.05, 0.1) is 11.1 Å². The first kappa shape index (κ1) is 16.3. The molecule has 118 valence electrons. The number of carbonyl (C=O) groups is 2. The van der Waals surface area contributed by atoms with E-state index in [2.05, 4.69) is 0 Å². The lowest BCUT2D eigenvalue weighted by Crippen LogP contribution is -2.55. The van der Waals surface area contributed by atoms with Crippen molar-refractivity contribution >= 4 is 17.3 Å². The first-order valence-electron chi connectivity index (χ1n) is 7.64. The molecule has 0 fully saturated rings. The Morgan fingerprint density at radius 3 is 2.50 bits per heavy atom. The minimum Gasteiger partial charge on any atom is -0.477 e. The average Bonchev–Trinajstić information content (AvgIpc) is 2.48. The molecule has 0 saturated carbocycles. The smallest absolute Gasteiger partial charge is 0.261 e. The van der Waals surface area contributed by atoms with Crippen LogP contribution >= 0.6 is 0 Å². The summed E-state index contributed by atoms with van der Waals surface area (Å²) >= 11 is 0. The fraction of sp³-hybridized carbons (Fsp3) is 0.444. The lowest BCUT2D eigenvalue weighted by atomic mass is 9.91. The number of nitrogens with zero attached hydrogens (tertiary/aromatic N) is 1. The fourth-order valence-corrected chi connectivity index (χ4v) is 2.61.